The zero-order chi connectivity index (χ0) is 16.4. The van der Waals surface area contributed by atoms with Crippen molar-refractivity contribution in [1.29, 1.82) is 0 Å². The summed E-state index contributed by atoms with van der Waals surface area (Å²) >= 11 is 0. The summed E-state index contributed by atoms with van der Waals surface area (Å²) in [6, 6.07) is 14.6. The quantitative estimate of drug-likeness (QED) is 0.878. The van der Waals surface area contributed by atoms with E-state index in [0.29, 0.717) is 11.3 Å². The summed E-state index contributed by atoms with van der Waals surface area (Å²) in [6.07, 6.45) is 2.75. The lowest BCUT2D eigenvalue weighted by Crippen LogP contribution is -2.21. The van der Waals surface area contributed by atoms with Crippen LogP contribution >= 0.6 is 0 Å². The van der Waals surface area contributed by atoms with Crippen molar-refractivity contribution in [2.45, 2.75) is 20.3 Å². The Balaban J connectivity index is 1.89. The molecule has 0 saturated carbocycles. The second kappa shape index (κ2) is 6.08. The standard InChI is InChI=1S/C19H18N2O2/c1-3-14-4-8-16(9-5-14)21-19(23)18(13(2)20-21)12-15-6-10-17(22)11-7-15/h4-12,22H,3H2,1-2H3/b18-12-. The number of rotatable bonds is 3. The van der Waals surface area contributed by atoms with Crippen molar-refractivity contribution in [3.63, 3.8) is 0 Å². The van der Waals surface area contributed by atoms with Crippen LogP contribution in [0.2, 0.25) is 0 Å². The average molecular weight is 306 g/mol. The normalized spacial score (nSPS) is 16.1. The fourth-order valence-corrected chi connectivity index (χ4v) is 2.47. The number of phenols is 1. The van der Waals surface area contributed by atoms with Gasteiger partial charge in [-0.3, -0.25) is 4.79 Å². The summed E-state index contributed by atoms with van der Waals surface area (Å²) < 4.78 is 0. The molecule has 2 aromatic rings. The predicted octanol–water partition coefficient (Wildman–Crippen LogP) is 3.76. The Labute approximate surface area is 135 Å². The summed E-state index contributed by atoms with van der Waals surface area (Å²) in [7, 11) is 0. The lowest BCUT2D eigenvalue weighted by molar-refractivity contribution is -0.114. The Morgan fingerprint density at radius 2 is 1.74 bits per heavy atom. The smallest absolute Gasteiger partial charge is 0.280 e. The minimum atomic E-state index is -0.139. The van der Waals surface area contributed by atoms with Gasteiger partial charge in [-0.15, -0.1) is 0 Å². The van der Waals surface area contributed by atoms with E-state index in [4.69, 9.17) is 0 Å². The molecule has 2 aromatic carbocycles. The van der Waals surface area contributed by atoms with E-state index >= 15 is 0 Å². The fraction of sp³-hybridized carbons (Fsp3) is 0.158. The molecule has 4 heteroatoms. The maximum Gasteiger partial charge on any atom is 0.280 e. The van der Waals surface area contributed by atoms with Gasteiger partial charge in [-0.1, -0.05) is 31.2 Å². The number of carbonyl (C=O) groups excluding carboxylic acids is 1. The summed E-state index contributed by atoms with van der Waals surface area (Å²) in [5.41, 5.74) is 4.09. The number of carbonyl (C=O) groups is 1. The number of aryl methyl sites for hydroxylation is 1. The van der Waals surface area contributed by atoms with Crippen LogP contribution in [0.4, 0.5) is 5.69 Å². The largest absolute Gasteiger partial charge is 0.508 e. The monoisotopic (exact) mass is 306 g/mol. The van der Waals surface area contributed by atoms with Crippen LogP contribution in [-0.4, -0.2) is 16.7 Å². The number of hydrogen-bond donors (Lipinski definition) is 1. The van der Waals surface area contributed by atoms with E-state index in [1.807, 2.05) is 31.2 Å². The third-order valence-corrected chi connectivity index (χ3v) is 3.86. The first-order valence-corrected chi connectivity index (χ1v) is 7.58. The molecule has 1 heterocycles. The van der Waals surface area contributed by atoms with Gasteiger partial charge in [0.15, 0.2) is 0 Å². The third kappa shape index (κ3) is 3.01. The first-order chi connectivity index (χ1) is 11.1. The molecular weight excluding hydrogens is 288 g/mol. The highest BCUT2D eigenvalue weighted by atomic mass is 16.3. The van der Waals surface area contributed by atoms with Crippen molar-refractivity contribution >= 4 is 23.4 Å². The number of nitrogens with zero attached hydrogens (tertiary/aromatic N) is 2. The van der Waals surface area contributed by atoms with Gasteiger partial charge in [-0.05, 0) is 54.8 Å². The molecule has 0 atom stereocenters. The molecule has 1 N–H and O–H groups in total. The van der Waals surface area contributed by atoms with Crippen molar-refractivity contribution in [2.75, 3.05) is 5.01 Å². The summed E-state index contributed by atoms with van der Waals surface area (Å²) in [6.45, 7) is 3.92. The van der Waals surface area contributed by atoms with Gasteiger partial charge in [0.2, 0.25) is 0 Å². The van der Waals surface area contributed by atoms with Crippen molar-refractivity contribution in [2.24, 2.45) is 5.10 Å². The lowest BCUT2D eigenvalue weighted by Gasteiger charge is -2.12. The van der Waals surface area contributed by atoms with Crippen LogP contribution in [-0.2, 0) is 11.2 Å². The van der Waals surface area contributed by atoms with Gasteiger partial charge >= 0.3 is 0 Å². The number of hydrogen-bond acceptors (Lipinski definition) is 3. The topological polar surface area (TPSA) is 52.9 Å². The number of anilines is 1. The Morgan fingerprint density at radius 3 is 2.35 bits per heavy atom. The molecule has 1 aliphatic heterocycles. The fourth-order valence-electron chi connectivity index (χ4n) is 2.47. The van der Waals surface area contributed by atoms with Crippen LogP contribution in [0.1, 0.15) is 25.0 Å². The molecule has 0 spiro atoms. The van der Waals surface area contributed by atoms with Crippen molar-refractivity contribution in [1.82, 2.24) is 0 Å². The van der Waals surface area contributed by atoms with Gasteiger partial charge in [0.25, 0.3) is 5.91 Å². The number of benzene rings is 2. The number of amides is 1. The third-order valence-electron chi connectivity index (χ3n) is 3.86. The van der Waals surface area contributed by atoms with Gasteiger partial charge in [0, 0.05) is 0 Å². The molecule has 0 aromatic heterocycles. The molecule has 0 saturated heterocycles. The SMILES string of the molecule is CCc1ccc(N2N=C(C)/C(=C/c3ccc(O)cc3)C2=O)cc1. The highest BCUT2D eigenvalue weighted by Gasteiger charge is 2.28. The molecule has 0 unspecified atom stereocenters. The van der Waals surface area contributed by atoms with E-state index in [1.54, 1.807) is 30.3 Å². The minimum Gasteiger partial charge on any atom is -0.508 e. The van der Waals surface area contributed by atoms with Gasteiger partial charge in [-0.25, -0.2) is 0 Å². The molecule has 0 fully saturated rings. The molecule has 1 amide bonds. The Kier molecular flexibility index (Phi) is 3.98. The number of hydrazone groups is 1. The highest BCUT2D eigenvalue weighted by Crippen LogP contribution is 2.25. The molecule has 116 valence electrons. The molecule has 0 radical (unpaired) electrons. The van der Waals surface area contributed by atoms with Gasteiger partial charge < -0.3 is 5.11 Å². The van der Waals surface area contributed by atoms with Crippen molar-refractivity contribution in [3.05, 3.63) is 65.2 Å². The zero-order valence-electron chi connectivity index (χ0n) is 13.2. The Bertz CT molecular complexity index is 787. The van der Waals surface area contributed by atoms with E-state index in [9.17, 15) is 9.90 Å². The molecule has 1 aliphatic rings. The van der Waals surface area contributed by atoms with Crippen LogP contribution < -0.4 is 5.01 Å². The first kappa shape index (κ1) is 15.0. The molecule has 0 bridgehead atoms. The van der Waals surface area contributed by atoms with E-state index in [-0.39, 0.29) is 11.7 Å². The molecule has 4 nitrogen and oxygen atoms in total. The van der Waals surface area contributed by atoms with Crippen LogP contribution in [0.25, 0.3) is 6.08 Å². The first-order valence-electron chi connectivity index (χ1n) is 7.58. The maximum absolute atomic E-state index is 12.6. The highest BCUT2D eigenvalue weighted by molar-refractivity contribution is 6.32. The van der Waals surface area contributed by atoms with E-state index in [2.05, 4.69) is 12.0 Å². The maximum atomic E-state index is 12.6. The Morgan fingerprint density at radius 1 is 1.09 bits per heavy atom. The summed E-state index contributed by atoms with van der Waals surface area (Å²) in [5.74, 6) is 0.0627. The molecule has 3 rings (SSSR count). The van der Waals surface area contributed by atoms with Gasteiger partial charge in [0.05, 0.1) is 17.0 Å². The zero-order valence-corrected chi connectivity index (χ0v) is 13.2. The summed E-state index contributed by atoms with van der Waals surface area (Å²) in [5, 5.41) is 15.1. The van der Waals surface area contributed by atoms with E-state index < -0.39 is 0 Å². The van der Waals surface area contributed by atoms with Crippen LogP contribution in [0, 0.1) is 0 Å². The van der Waals surface area contributed by atoms with Gasteiger partial charge in [-0.2, -0.15) is 10.1 Å². The molecule has 0 aliphatic carbocycles. The number of phenolic OH excluding ortho intramolecular Hbond substituents is 1. The molecular formula is C19H18N2O2. The van der Waals surface area contributed by atoms with Crippen molar-refractivity contribution < 1.29 is 9.90 Å². The van der Waals surface area contributed by atoms with Crippen LogP contribution in [0.3, 0.4) is 0 Å². The predicted molar refractivity (Wildman–Crippen MR) is 92.5 cm³/mol. The second-order valence-electron chi connectivity index (χ2n) is 5.47. The second-order valence-corrected chi connectivity index (χ2v) is 5.47. The Hall–Kier alpha value is -2.88. The van der Waals surface area contributed by atoms with Crippen LogP contribution in [0.5, 0.6) is 5.75 Å². The van der Waals surface area contributed by atoms with Crippen molar-refractivity contribution in [3.8, 4) is 5.75 Å². The minimum absolute atomic E-state index is 0.139. The summed E-state index contributed by atoms with van der Waals surface area (Å²) in [4.78, 5) is 12.6. The average Bonchev–Trinajstić information content (AvgIpc) is 2.85. The number of aromatic hydroxyl groups is 1. The van der Waals surface area contributed by atoms with E-state index in [0.717, 1.165) is 17.7 Å². The van der Waals surface area contributed by atoms with Gasteiger partial charge in [0.1, 0.15) is 5.75 Å². The van der Waals surface area contributed by atoms with E-state index in [1.165, 1.54) is 10.6 Å². The molecule has 23 heavy (non-hydrogen) atoms. The lowest BCUT2D eigenvalue weighted by atomic mass is 10.1. The van der Waals surface area contributed by atoms with Crippen LogP contribution in [0.15, 0.2) is 59.2 Å².